The molecule has 1 aromatic rings. The number of carbonyl (C=O) groups is 1. The molecule has 1 aliphatic carbocycles. The number of alkyl halides is 1. The van der Waals surface area contributed by atoms with Crippen LogP contribution in [0.25, 0.3) is 0 Å². The molecule has 2 rings (SSSR count). The van der Waals surface area contributed by atoms with Crippen LogP contribution < -0.4 is 5.32 Å². The molecule has 1 fully saturated rings. The Morgan fingerprint density at radius 1 is 1.41 bits per heavy atom. The molecular formula is C12H14BrNO3. The number of amides is 1. The van der Waals surface area contributed by atoms with Gasteiger partial charge in [-0.05, 0) is 31.4 Å². The van der Waals surface area contributed by atoms with E-state index in [1.807, 2.05) is 0 Å². The average molecular weight is 300 g/mol. The van der Waals surface area contributed by atoms with Gasteiger partial charge in [0.05, 0.1) is 11.1 Å². The third kappa shape index (κ3) is 2.24. The van der Waals surface area contributed by atoms with Crippen molar-refractivity contribution in [3.8, 4) is 11.5 Å². The Morgan fingerprint density at radius 3 is 2.65 bits per heavy atom. The van der Waals surface area contributed by atoms with Crippen LogP contribution in [0.15, 0.2) is 18.2 Å². The van der Waals surface area contributed by atoms with Gasteiger partial charge in [-0.15, -0.1) is 0 Å². The third-order valence-corrected chi connectivity index (χ3v) is 4.28. The highest BCUT2D eigenvalue weighted by atomic mass is 79.9. The molecule has 3 N–H and O–H groups in total. The number of rotatable bonds is 3. The number of hydrogen-bond acceptors (Lipinski definition) is 3. The Labute approximate surface area is 108 Å². The van der Waals surface area contributed by atoms with Gasteiger partial charge >= 0.3 is 0 Å². The van der Waals surface area contributed by atoms with Crippen LogP contribution in [0, 0.1) is 0 Å². The van der Waals surface area contributed by atoms with Crippen LogP contribution in [0.5, 0.6) is 11.5 Å². The van der Waals surface area contributed by atoms with Crippen LogP contribution in [-0.4, -0.2) is 27.0 Å². The number of halogens is 1. The van der Waals surface area contributed by atoms with Gasteiger partial charge in [0, 0.05) is 5.33 Å². The molecule has 1 aliphatic rings. The van der Waals surface area contributed by atoms with Gasteiger partial charge in [0.1, 0.15) is 0 Å². The zero-order valence-electron chi connectivity index (χ0n) is 9.24. The summed E-state index contributed by atoms with van der Waals surface area (Å²) in [5.41, 5.74) is -0.0909. The number of phenolic OH excluding ortho intramolecular Hbond substituents is 2. The van der Waals surface area contributed by atoms with E-state index in [1.165, 1.54) is 18.2 Å². The van der Waals surface area contributed by atoms with E-state index in [9.17, 15) is 15.0 Å². The van der Waals surface area contributed by atoms with Crippen molar-refractivity contribution >= 4 is 21.8 Å². The van der Waals surface area contributed by atoms with Crippen LogP contribution in [0.4, 0.5) is 0 Å². The van der Waals surface area contributed by atoms with E-state index in [-0.39, 0.29) is 28.5 Å². The summed E-state index contributed by atoms with van der Waals surface area (Å²) in [5, 5.41) is 22.5. The zero-order valence-corrected chi connectivity index (χ0v) is 10.8. The number of phenols is 2. The Balaban J connectivity index is 2.17. The zero-order chi connectivity index (χ0) is 12.5. The van der Waals surface area contributed by atoms with Crippen molar-refractivity contribution in [3.05, 3.63) is 23.8 Å². The van der Waals surface area contributed by atoms with Crippen LogP contribution in [0.2, 0.25) is 0 Å². The third-order valence-electron chi connectivity index (χ3n) is 3.20. The fourth-order valence-electron chi connectivity index (χ4n) is 1.92. The van der Waals surface area contributed by atoms with Crippen LogP contribution in [0.1, 0.15) is 29.6 Å². The molecule has 1 saturated carbocycles. The lowest BCUT2D eigenvalue weighted by molar-refractivity contribution is 0.0853. The molecule has 0 spiro atoms. The Morgan fingerprint density at radius 2 is 2.12 bits per heavy atom. The summed E-state index contributed by atoms with van der Waals surface area (Å²) in [6.45, 7) is 0. The Kier molecular flexibility index (Phi) is 3.28. The number of hydrogen-bond donors (Lipinski definition) is 3. The smallest absolute Gasteiger partial charge is 0.255 e. The molecule has 92 valence electrons. The molecule has 0 unspecified atom stereocenters. The lowest BCUT2D eigenvalue weighted by atomic mass is 9.78. The molecule has 0 radical (unpaired) electrons. The number of nitrogens with one attached hydrogen (secondary N) is 1. The highest BCUT2D eigenvalue weighted by Gasteiger charge is 2.37. The van der Waals surface area contributed by atoms with Crippen molar-refractivity contribution in [1.82, 2.24) is 5.32 Å². The normalized spacial score (nSPS) is 17.2. The van der Waals surface area contributed by atoms with Crippen molar-refractivity contribution in [2.24, 2.45) is 0 Å². The van der Waals surface area contributed by atoms with E-state index in [0.717, 1.165) is 19.3 Å². The number of aromatic hydroxyl groups is 2. The van der Waals surface area contributed by atoms with Gasteiger partial charge in [0.2, 0.25) is 0 Å². The van der Waals surface area contributed by atoms with E-state index < -0.39 is 0 Å². The SMILES string of the molecule is O=C(NC1(CBr)CCC1)c1cccc(O)c1O. The van der Waals surface area contributed by atoms with Crippen molar-refractivity contribution in [1.29, 1.82) is 0 Å². The molecule has 0 bridgehead atoms. The van der Waals surface area contributed by atoms with Crippen LogP contribution in [-0.2, 0) is 0 Å². The van der Waals surface area contributed by atoms with Crippen molar-refractivity contribution < 1.29 is 15.0 Å². The van der Waals surface area contributed by atoms with Crippen molar-refractivity contribution in [3.63, 3.8) is 0 Å². The van der Waals surface area contributed by atoms with Gasteiger partial charge in [-0.1, -0.05) is 22.0 Å². The molecule has 4 nitrogen and oxygen atoms in total. The lowest BCUT2D eigenvalue weighted by Gasteiger charge is -2.41. The van der Waals surface area contributed by atoms with Gasteiger partial charge in [-0.2, -0.15) is 0 Å². The minimum absolute atomic E-state index is 0.109. The minimum Gasteiger partial charge on any atom is -0.504 e. The van der Waals surface area contributed by atoms with Crippen LogP contribution in [0.3, 0.4) is 0 Å². The molecule has 5 heteroatoms. The highest BCUT2D eigenvalue weighted by molar-refractivity contribution is 9.09. The second-order valence-electron chi connectivity index (χ2n) is 4.39. The topological polar surface area (TPSA) is 69.6 Å². The summed E-state index contributed by atoms with van der Waals surface area (Å²) in [4.78, 5) is 12.0. The maximum absolute atomic E-state index is 12.0. The minimum atomic E-state index is -0.367. The average Bonchev–Trinajstić information content (AvgIpc) is 2.27. The summed E-state index contributed by atoms with van der Waals surface area (Å²) in [6, 6.07) is 4.37. The van der Waals surface area contributed by atoms with Gasteiger partial charge in [0.15, 0.2) is 11.5 Å². The molecule has 1 amide bonds. The number of carbonyl (C=O) groups excluding carboxylic acids is 1. The fraction of sp³-hybridized carbons (Fsp3) is 0.417. The first-order chi connectivity index (χ1) is 8.08. The molecule has 0 aromatic heterocycles. The lowest BCUT2D eigenvalue weighted by Crippen LogP contribution is -2.54. The summed E-state index contributed by atoms with van der Waals surface area (Å²) in [6.07, 6.45) is 2.96. The van der Waals surface area contributed by atoms with Crippen molar-refractivity contribution in [2.75, 3.05) is 5.33 Å². The Bertz CT molecular complexity index is 438. The van der Waals surface area contributed by atoms with Gasteiger partial charge < -0.3 is 15.5 Å². The van der Waals surface area contributed by atoms with E-state index in [2.05, 4.69) is 21.2 Å². The molecule has 0 aliphatic heterocycles. The predicted octanol–water partition coefficient (Wildman–Crippen LogP) is 2.15. The first-order valence-corrected chi connectivity index (χ1v) is 6.59. The predicted molar refractivity (Wildman–Crippen MR) is 67.6 cm³/mol. The van der Waals surface area contributed by atoms with E-state index in [4.69, 9.17) is 0 Å². The summed E-state index contributed by atoms with van der Waals surface area (Å²) < 4.78 is 0. The molecule has 0 heterocycles. The van der Waals surface area contributed by atoms with E-state index in [0.29, 0.717) is 5.33 Å². The maximum atomic E-state index is 12.0. The fourth-order valence-corrected chi connectivity index (χ4v) is 2.62. The summed E-state index contributed by atoms with van der Waals surface area (Å²) in [5.74, 6) is -0.995. The first kappa shape index (κ1) is 12.2. The second-order valence-corrected chi connectivity index (χ2v) is 4.96. The van der Waals surface area contributed by atoms with Gasteiger partial charge in [-0.3, -0.25) is 4.79 Å². The summed E-state index contributed by atoms with van der Waals surface area (Å²) >= 11 is 3.39. The van der Waals surface area contributed by atoms with Gasteiger partial charge in [-0.25, -0.2) is 0 Å². The quantitative estimate of drug-likeness (QED) is 0.592. The van der Waals surface area contributed by atoms with E-state index >= 15 is 0 Å². The summed E-state index contributed by atoms with van der Waals surface area (Å²) in [7, 11) is 0. The molecule has 0 atom stereocenters. The van der Waals surface area contributed by atoms with Gasteiger partial charge in [0.25, 0.3) is 5.91 Å². The molecule has 0 saturated heterocycles. The maximum Gasteiger partial charge on any atom is 0.255 e. The highest BCUT2D eigenvalue weighted by Crippen LogP contribution is 2.35. The van der Waals surface area contributed by atoms with Crippen molar-refractivity contribution in [2.45, 2.75) is 24.8 Å². The molecule has 1 aromatic carbocycles. The van der Waals surface area contributed by atoms with E-state index in [1.54, 1.807) is 0 Å². The Hall–Kier alpha value is -1.23. The monoisotopic (exact) mass is 299 g/mol. The first-order valence-electron chi connectivity index (χ1n) is 5.47. The second kappa shape index (κ2) is 4.56. The largest absolute Gasteiger partial charge is 0.504 e. The number of benzene rings is 1. The molecule has 17 heavy (non-hydrogen) atoms. The molecular weight excluding hydrogens is 286 g/mol. The van der Waals surface area contributed by atoms with Crippen LogP contribution >= 0.6 is 15.9 Å². The number of para-hydroxylation sites is 1. The standard InChI is InChI=1S/C12H14BrNO3/c13-7-12(5-2-6-12)14-11(17)8-3-1-4-9(15)10(8)16/h1,3-4,15-16H,2,5-7H2,(H,14,17).